The first-order chi connectivity index (χ1) is 10.1. The first-order valence-corrected chi connectivity index (χ1v) is 7.55. The third kappa shape index (κ3) is 3.96. The van der Waals surface area contributed by atoms with Crippen LogP contribution >= 0.6 is 11.3 Å². The SMILES string of the molecule is CC(C)(C)C1=CCN(C(=O)Nc2nnc(C(F)(F)F)s2)CC1. The molecule has 122 valence electrons. The fourth-order valence-electron chi connectivity index (χ4n) is 2.09. The molecule has 1 aliphatic heterocycles. The summed E-state index contributed by atoms with van der Waals surface area (Å²) >= 11 is 0.316. The van der Waals surface area contributed by atoms with Crippen molar-refractivity contribution in [3.05, 3.63) is 16.7 Å². The third-order valence-electron chi connectivity index (χ3n) is 3.34. The van der Waals surface area contributed by atoms with Gasteiger partial charge in [0.25, 0.3) is 0 Å². The van der Waals surface area contributed by atoms with Gasteiger partial charge in [0.15, 0.2) is 0 Å². The molecule has 22 heavy (non-hydrogen) atoms. The highest BCUT2D eigenvalue weighted by molar-refractivity contribution is 7.15. The highest BCUT2D eigenvalue weighted by Gasteiger charge is 2.36. The van der Waals surface area contributed by atoms with E-state index in [-0.39, 0.29) is 10.5 Å². The summed E-state index contributed by atoms with van der Waals surface area (Å²) in [4.78, 5) is 13.6. The van der Waals surface area contributed by atoms with Crippen molar-refractivity contribution in [1.29, 1.82) is 0 Å². The Morgan fingerprint density at radius 1 is 1.32 bits per heavy atom. The van der Waals surface area contributed by atoms with Crippen LogP contribution in [0.15, 0.2) is 11.6 Å². The van der Waals surface area contributed by atoms with Crippen LogP contribution < -0.4 is 5.32 Å². The lowest BCUT2D eigenvalue weighted by atomic mass is 9.83. The van der Waals surface area contributed by atoms with Crippen LogP contribution in [0.1, 0.15) is 32.2 Å². The van der Waals surface area contributed by atoms with Crippen LogP contribution in [0, 0.1) is 5.41 Å². The maximum Gasteiger partial charge on any atom is 0.445 e. The lowest BCUT2D eigenvalue weighted by molar-refractivity contribution is -0.138. The van der Waals surface area contributed by atoms with Gasteiger partial charge in [0.05, 0.1) is 0 Å². The Kier molecular flexibility index (Phi) is 4.46. The summed E-state index contributed by atoms with van der Waals surface area (Å²) in [5.74, 6) is 0. The van der Waals surface area contributed by atoms with Gasteiger partial charge < -0.3 is 4.90 Å². The number of hydrogen-bond donors (Lipinski definition) is 1. The van der Waals surface area contributed by atoms with E-state index >= 15 is 0 Å². The Hall–Kier alpha value is -1.64. The highest BCUT2D eigenvalue weighted by Crippen LogP contribution is 2.33. The number of rotatable bonds is 1. The molecule has 1 aromatic heterocycles. The molecule has 0 saturated carbocycles. The summed E-state index contributed by atoms with van der Waals surface area (Å²) in [5, 5.41) is 7.51. The number of carbonyl (C=O) groups excluding carboxylic acids is 1. The van der Waals surface area contributed by atoms with Crippen molar-refractivity contribution >= 4 is 22.5 Å². The Morgan fingerprint density at radius 3 is 2.45 bits per heavy atom. The molecular weight excluding hydrogens is 317 g/mol. The summed E-state index contributed by atoms with van der Waals surface area (Å²) in [5.41, 5.74) is 1.33. The van der Waals surface area contributed by atoms with Crippen LogP contribution in [0.4, 0.5) is 23.1 Å². The minimum Gasteiger partial charge on any atom is -0.320 e. The molecule has 0 saturated heterocycles. The van der Waals surface area contributed by atoms with Crippen molar-refractivity contribution < 1.29 is 18.0 Å². The number of hydrogen-bond acceptors (Lipinski definition) is 4. The van der Waals surface area contributed by atoms with Crippen molar-refractivity contribution in [2.45, 2.75) is 33.4 Å². The molecule has 0 spiro atoms. The number of amides is 2. The fourth-order valence-corrected chi connectivity index (χ4v) is 2.69. The van der Waals surface area contributed by atoms with Gasteiger partial charge in [-0.1, -0.05) is 43.8 Å². The molecule has 2 amide bonds. The first-order valence-electron chi connectivity index (χ1n) is 6.73. The second-order valence-corrected chi connectivity index (χ2v) is 6.99. The van der Waals surface area contributed by atoms with Gasteiger partial charge in [-0.15, -0.1) is 10.2 Å². The number of carbonyl (C=O) groups is 1. The van der Waals surface area contributed by atoms with E-state index in [0.29, 0.717) is 24.4 Å². The van der Waals surface area contributed by atoms with Crippen LogP contribution in [0.25, 0.3) is 0 Å². The number of urea groups is 1. The monoisotopic (exact) mass is 334 g/mol. The Bertz CT molecular complexity index is 589. The molecule has 0 unspecified atom stereocenters. The molecule has 0 fully saturated rings. The molecule has 1 aromatic rings. The standard InChI is InChI=1S/C13H17F3N4OS/c1-12(2,3)8-4-6-20(7-5-8)11(21)17-10-19-18-9(22-10)13(14,15)16/h4H,5-7H2,1-3H3,(H,17,19,21). The van der Waals surface area contributed by atoms with Gasteiger partial charge in [0, 0.05) is 13.1 Å². The van der Waals surface area contributed by atoms with E-state index in [1.54, 1.807) is 0 Å². The normalized spacial score (nSPS) is 16.5. The zero-order valence-electron chi connectivity index (χ0n) is 12.5. The van der Waals surface area contributed by atoms with Gasteiger partial charge in [-0.2, -0.15) is 13.2 Å². The van der Waals surface area contributed by atoms with Crippen LogP contribution in [0.5, 0.6) is 0 Å². The average Bonchev–Trinajstić information content (AvgIpc) is 2.86. The number of anilines is 1. The predicted molar refractivity (Wildman–Crippen MR) is 77.7 cm³/mol. The molecule has 0 aliphatic carbocycles. The van der Waals surface area contributed by atoms with Crippen LogP contribution in [-0.4, -0.2) is 34.2 Å². The molecule has 0 bridgehead atoms. The minimum atomic E-state index is -4.55. The zero-order chi connectivity index (χ0) is 16.5. The van der Waals surface area contributed by atoms with Gasteiger partial charge in [0.2, 0.25) is 10.1 Å². The van der Waals surface area contributed by atoms with Gasteiger partial charge in [-0.25, -0.2) is 4.79 Å². The number of alkyl halides is 3. The lowest BCUT2D eigenvalue weighted by Gasteiger charge is -2.31. The van der Waals surface area contributed by atoms with Crippen molar-refractivity contribution in [2.75, 3.05) is 18.4 Å². The van der Waals surface area contributed by atoms with E-state index < -0.39 is 17.2 Å². The van der Waals surface area contributed by atoms with Crippen molar-refractivity contribution in [3.63, 3.8) is 0 Å². The smallest absolute Gasteiger partial charge is 0.320 e. The molecule has 0 radical (unpaired) electrons. The molecule has 9 heteroatoms. The summed E-state index contributed by atoms with van der Waals surface area (Å²) in [6.45, 7) is 7.28. The summed E-state index contributed by atoms with van der Waals surface area (Å²) in [6.07, 6.45) is -1.80. The second-order valence-electron chi connectivity index (χ2n) is 6.02. The van der Waals surface area contributed by atoms with E-state index in [4.69, 9.17) is 0 Å². The number of nitrogens with zero attached hydrogens (tertiary/aromatic N) is 3. The molecule has 2 heterocycles. The van der Waals surface area contributed by atoms with Gasteiger partial charge in [0.1, 0.15) is 0 Å². The Morgan fingerprint density at radius 2 is 2.00 bits per heavy atom. The van der Waals surface area contributed by atoms with Gasteiger partial charge in [-0.3, -0.25) is 5.32 Å². The number of aromatic nitrogens is 2. The van der Waals surface area contributed by atoms with E-state index in [0.717, 1.165) is 6.42 Å². The zero-order valence-corrected chi connectivity index (χ0v) is 13.3. The number of halogens is 3. The van der Waals surface area contributed by atoms with Crippen LogP contribution in [0.2, 0.25) is 0 Å². The van der Waals surface area contributed by atoms with Crippen molar-refractivity contribution in [2.24, 2.45) is 5.41 Å². The summed E-state index contributed by atoms with van der Waals surface area (Å²) in [6, 6.07) is -0.464. The van der Waals surface area contributed by atoms with E-state index in [1.807, 2.05) is 6.08 Å². The van der Waals surface area contributed by atoms with E-state index in [9.17, 15) is 18.0 Å². The van der Waals surface area contributed by atoms with Crippen LogP contribution in [-0.2, 0) is 6.18 Å². The maximum absolute atomic E-state index is 12.4. The lowest BCUT2D eigenvalue weighted by Crippen LogP contribution is -2.39. The number of nitrogens with one attached hydrogen (secondary N) is 1. The molecule has 0 atom stereocenters. The van der Waals surface area contributed by atoms with E-state index in [1.165, 1.54) is 10.5 Å². The molecule has 5 nitrogen and oxygen atoms in total. The van der Waals surface area contributed by atoms with Crippen LogP contribution in [0.3, 0.4) is 0 Å². The maximum atomic E-state index is 12.4. The highest BCUT2D eigenvalue weighted by atomic mass is 32.1. The minimum absolute atomic E-state index is 0.0589. The largest absolute Gasteiger partial charge is 0.445 e. The topological polar surface area (TPSA) is 58.1 Å². The molecule has 0 aromatic carbocycles. The van der Waals surface area contributed by atoms with Crippen molar-refractivity contribution in [1.82, 2.24) is 15.1 Å². The van der Waals surface area contributed by atoms with E-state index in [2.05, 4.69) is 36.3 Å². The fraction of sp³-hybridized carbons (Fsp3) is 0.615. The molecule has 1 N–H and O–H groups in total. The summed E-state index contributed by atoms with van der Waals surface area (Å²) < 4.78 is 37.3. The molecular formula is C13H17F3N4OS. The quantitative estimate of drug-likeness (QED) is 0.796. The predicted octanol–water partition coefficient (Wildman–Crippen LogP) is 3.77. The average molecular weight is 334 g/mol. The molecule has 2 rings (SSSR count). The molecule has 1 aliphatic rings. The Balaban J connectivity index is 1.97. The summed E-state index contributed by atoms with van der Waals surface area (Å²) in [7, 11) is 0. The third-order valence-corrected chi connectivity index (χ3v) is 4.22. The van der Waals surface area contributed by atoms with Crippen molar-refractivity contribution in [3.8, 4) is 0 Å². The van der Waals surface area contributed by atoms with Gasteiger partial charge >= 0.3 is 12.2 Å². The van der Waals surface area contributed by atoms with Gasteiger partial charge in [-0.05, 0) is 11.8 Å². The Labute approximate surface area is 130 Å². The second kappa shape index (κ2) is 5.86. The first kappa shape index (κ1) is 16.7.